The molecule has 5 aromatic rings. The lowest BCUT2D eigenvalue weighted by molar-refractivity contribution is -0.137. The van der Waals surface area contributed by atoms with Gasteiger partial charge in [-0.1, -0.05) is 12.1 Å². The number of aromatic nitrogens is 4. The largest absolute Gasteiger partial charge is 0.416 e. The summed E-state index contributed by atoms with van der Waals surface area (Å²) in [6, 6.07) is 13.2. The number of fused-ring (bicyclic) bond motifs is 3. The van der Waals surface area contributed by atoms with E-state index in [4.69, 9.17) is 0 Å². The number of alkyl halides is 3. The summed E-state index contributed by atoms with van der Waals surface area (Å²) in [6.45, 7) is 0. The molecular weight excluding hydrogens is 393 g/mol. The Morgan fingerprint density at radius 3 is 2.57 bits per heavy atom. The zero-order chi connectivity index (χ0) is 20.9. The van der Waals surface area contributed by atoms with Crippen molar-refractivity contribution in [2.45, 2.75) is 6.18 Å². The second-order valence-corrected chi connectivity index (χ2v) is 6.84. The molecule has 0 atom stereocenters. The molecule has 3 aromatic heterocycles. The first-order valence-electron chi connectivity index (χ1n) is 9.03. The van der Waals surface area contributed by atoms with Crippen LogP contribution in [0.3, 0.4) is 0 Å². The normalized spacial score (nSPS) is 12.0. The van der Waals surface area contributed by atoms with Crippen molar-refractivity contribution in [3.05, 3.63) is 89.1 Å². The standard InChI is InChI=1S/C22H13F3N4O/c23-22(24,25)16-2-1-3-17(9-16)29-20(30)7-5-14-10-26-19-6-4-13(8-18(19)21(14)29)15-11-27-28-12-15/h1-12H,(H,27,28). The molecule has 0 aliphatic rings. The number of aromatic amines is 1. The second kappa shape index (κ2) is 6.55. The van der Waals surface area contributed by atoms with Gasteiger partial charge in [0.25, 0.3) is 5.56 Å². The Balaban J connectivity index is 1.87. The minimum absolute atomic E-state index is 0.140. The number of nitrogens with zero attached hydrogens (tertiary/aromatic N) is 3. The maximum absolute atomic E-state index is 13.3. The van der Waals surface area contributed by atoms with E-state index in [1.165, 1.54) is 22.8 Å². The first-order chi connectivity index (χ1) is 14.4. The van der Waals surface area contributed by atoms with Crippen molar-refractivity contribution in [1.82, 2.24) is 19.7 Å². The van der Waals surface area contributed by atoms with Crippen molar-refractivity contribution >= 4 is 21.8 Å². The fourth-order valence-electron chi connectivity index (χ4n) is 3.58. The van der Waals surface area contributed by atoms with E-state index in [-0.39, 0.29) is 5.69 Å². The first-order valence-corrected chi connectivity index (χ1v) is 9.03. The highest BCUT2D eigenvalue weighted by molar-refractivity contribution is 6.05. The molecule has 0 fully saturated rings. The first kappa shape index (κ1) is 18.1. The topological polar surface area (TPSA) is 63.6 Å². The molecule has 148 valence electrons. The van der Waals surface area contributed by atoms with Crippen LogP contribution in [0.15, 0.2) is 78.0 Å². The van der Waals surface area contributed by atoms with Gasteiger partial charge >= 0.3 is 6.18 Å². The smallest absolute Gasteiger partial charge is 0.285 e. The van der Waals surface area contributed by atoms with Gasteiger partial charge in [0.2, 0.25) is 0 Å². The van der Waals surface area contributed by atoms with E-state index in [2.05, 4.69) is 15.2 Å². The number of rotatable bonds is 2. The van der Waals surface area contributed by atoms with Gasteiger partial charge in [-0.05, 0) is 42.0 Å². The number of hydrogen-bond acceptors (Lipinski definition) is 3. The summed E-state index contributed by atoms with van der Waals surface area (Å²) in [5.41, 5.74) is 1.71. The molecule has 0 unspecified atom stereocenters. The molecule has 5 nitrogen and oxygen atoms in total. The summed E-state index contributed by atoms with van der Waals surface area (Å²) >= 11 is 0. The van der Waals surface area contributed by atoms with Crippen LogP contribution in [0, 0.1) is 0 Å². The lowest BCUT2D eigenvalue weighted by Crippen LogP contribution is -2.18. The van der Waals surface area contributed by atoms with Crippen LogP contribution < -0.4 is 5.56 Å². The molecule has 0 amide bonds. The molecule has 0 saturated heterocycles. The van der Waals surface area contributed by atoms with Crippen LogP contribution in [-0.4, -0.2) is 19.7 Å². The van der Waals surface area contributed by atoms with Crippen molar-refractivity contribution in [3.63, 3.8) is 0 Å². The maximum Gasteiger partial charge on any atom is 0.416 e. The number of halogens is 3. The molecule has 0 bridgehead atoms. The van der Waals surface area contributed by atoms with E-state index in [9.17, 15) is 18.0 Å². The van der Waals surface area contributed by atoms with Crippen LogP contribution in [0.2, 0.25) is 0 Å². The van der Waals surface area contributed by atoms with Crippen molar-refractivity contribution < 1.29 is 13.2 Å². The van der Waals surface area contributed by atoms with Crippen LogP contribution in [0.5, 0.6) is 0 Å². The van der Waals surface area contributed by atoms with Gasteiger partial charge in [0.05, 0.1) is 22.8 Å². The van der Waals surface area contributed by atoms with E-state index in [1.54, 1.807) is 24.7 Å². The van der Waals surface area contributed by atoms with Gasteiger partial charge < -0.3 is 0 Å². The Bertz CT molecular complexity index is 1450. The number of pyridine rings is 2. The van der Waals surface area contributed by atoms with E-state index in [0.29, 0.717) is 21.8 Å². The summed E-state index contributed by atoms with van der Waals surface area (Å²) in [5, 5.41) is 8.00. The highest BCUT2D eigenvalue weighted by Gasteiger charge is 2.30. The number of nitrogens with one attached hydrogen (secondary N) is 1. The summed E-state index contributed by atoms with van der Waals surface area (Å²) < 4.78 is 41.1. The van der Waals surface area contributed by atoms with Gasteiger partial charge in [-0.3, -0.25) is 19.4 Å². The van der Waals surface area contributed by atoms with Crippen LogP contribution >= 0.6 is 0 Å². The van der Waals surface area contributed by atoms with Gasteiger partial charge in [-0.15, -0.1) is 0 Å². The number of H-pyrrole nitrogens is 1. The molecular formula is C22H13F3N4O. The predicted octanol–water partition coefficient (Wildman–Crippen LogP) is 4.95. The van der Waals surface area contributed by atoms with Gasteiger partial charge in [0.15, 0.2) is 0 Å². The summed E-state index contributed by atoms with van der Waals surface area (Å²) in [5.74, 6) is 0. The molecule has 0 saturated carbocycles. The molecule has 0 radical (unpaired) electrons. The van der Waals surface area contributed by atoms with Crippen molar-refractivity contribution in [1.29, 1.82) is 0 Å². The number of benzene rings is 2. The summed E-state index contributed by atoms with van der Waals surface area (Å²) in [4.78, 5) is 17.2. The van der Waals surface area contributed by atoms with Crippen molar-refractivity contribution in [3.8, 4) is 16.8 Å². The van der Waals surface area contributed by atoms with Gasteiger partial charge in [0, 0.05) is 40.5 Å². The summed E-state index contributed by atoms with van der Waals surface area (Å²) in [6.07, 6.45) is 0.500. The van der Waals surface area contributed by atoms with Gasteiger partial charge in [0.1, 0.15) is 0 Å². The zero-order valence-corrected chi connectivity index (χ0v) is 15.3. The molecule has 5 rings (SSSR count). The minimum Gasteiger partial charge on any atom is -0.285 e. The Kier molecular flexibility index (Phi) is 3.95. The van der Waals surface area contributed by atoms with Crippen LogP contribution in [0.4, 0.5) is 13.2 Å². The minimum atomic E-state index is -4.51. The molecule has 8 heteroatoms. The average molecular weight is 406 g/mol. The summed E-state index contributed by atoms with van der Waals surface area (Å²) in [7, 11) is 0. The van der Waals surface area contributed by atoms with Crippen LogP contribution in [0.25, 0.3) is 38.6 Å². The van der Waals surface area contributed by atoms with E-state index < -0.39 is 17.3 Å². The quantitative estimate of drug-likeness (QED) is 0.422. The highest BCUT2D eigenvalue weighted by atomic mass is 19.4. The van der Waals surface area contributed by atoms with Crippen molar-refractivity contribution in [2.75, 3.05) is 0 Å². The molecule has 2 aromatic carbocycles. The van der Waals surface area contributed by atoms with E-state index in [0.717, 1.165) is 23.3 Å². The van der Waals surface area contributed by atoms with E-state index in [1.807, 2.05) is 18.2 Å². The zero-order valence-electron chi connectivity index (χ0n) is 15.3. The highest BCUT2D eigenvalue weighted by Crippen LogP contribution is 2.32. The molecule has 3 heterocycles. The van der Waals surface area contributed by atoms with Crippen LogP contribution in [0.1, 0.15) is 5.56 Å². The Morgan fingerprint density at radius 1 is 0.933 bits per heavy atom. The van der Waals surface area contributed by atoms with Crippen LogP contribution in [-0.2, 0) is 6.18 Å². The molecule has 0 aliphatic heterocycles. The van der Waals surface area contributed by atoms with Crippen molar-refractivity contribution in [2.24, 2.45) is 0 Å². The average Bonchev–Trinajstić information content (AvgIpc) is 3.27. The third-order valence-electron chi connectivity index (χ3n) is 4.98. The Morgan fingerprint density at radius 2 is 1.80 bits per heavy atom. The predicted molar refractivity (Wildman–Crippen MR) is 107 cm³/mol. The lowest BCUT2D eigenvalue weighted by Gasteiger charge is -2.15. The second-order valence-electron chi connectivity index (χ2n) is 6.84. The molecule has 0 spiro atoms. The lowest BCUT2D eigenvalue weighted by atomic mass is 10.0. The Hall–Kier alpha value is -3.94. The molecule has 0 aliphatic carbocycles. The molecule has 30 heavy (non-hydrogen) atoms. The fraction of sp³-hybridized carbons (Fsp3) is 0.0455. The Labute approximate surface area is 167 Å². The fourth-order valence-corrected chi connectivity index (χ4v) is 3.58. The third kappa shape index (κ3) is 2.93. The number of hydrogen-bond donors (Lipinski definition) is 1. The SMILES string of the molecule is O=c1ccc2cnc3ccc(-c4cn[nH]c4)cc3c2n1-c1cccc(C(F)(F)F)c1. The monoisotopic (exact) mass is 406 g/mol. The van der Waals surface area contributed by atoms with Gasteiger partial charge in [-0.25, -0.2) is 0 Å². The molecule has 1 N–H and O–H groups in total. The van der Waals surface area contributed by atoms with E-state index >= 15 is 0 Å². The maximum atomic E-state index is 13.3. The third-order valence-corrected chi connectivity index (χ3v) is 4.98. The van der Waals surface area contributed by atoms with Gasteiger partial charge in [-0.2, -0.15) is 18.3 Å².